The van der Waals surface area contributed by atoms with Crippen molar-refractivity contribution in [2.24, 2.45) is 0 Å². The third kappa shape index (κ3) is 5.24. The van der Waals surface area contributed by atoms with Crippen molar-refractivity contribution >= 4 is 11.6 Å². The fraction of sp³-hybridized carbons (Fsp3) is 0.632. The predicted molar refractivity (Wildman–Crippen MR) is 95.2 cm³/mol. The molecule has 1 aromatic carbocycles. The van der Waals surface area contributed by atoms with Crippen LogP contribution in [0.4, 0.5) is 5.69 Å². The van der Waals surface area contributed by atoms with E-state index in [9.17, 15) is 4.79 Å². The van der Waals surface area contributed by atoms with E-state index >= 15 is 0 Å². The molecule has 0 saturated carbocycles. The second kappa shape index (κ2) is 8.34. The van der Waals surface area contributed by atoms with E-state index in [0.717, 1.165) is 35.4 Å². The Kier molecular flexibility index (Phi) is 7.07. The van der Waals surface area contributed by atoms with E-state index in [1.807, 2.05) is 46.8 Å². The maximum atomic E-state index is 12.6. The summed E-state index contributed by atoms with van der Waals surface area (Å²) in [6.45, 7) is 11.9. The topological polar surface area (TPSA) is 47.6 Å². The van der Waals surface area contributed by atoms with Crippen molar-refractivity contribution in [3.8, 4) is 5.75 Å². The lowest BCUT2D eigenvalue weighted by atomic mass is 9.97. The van der Waals surface area contributed by atoms with Gasteiger partial charge in [0, 0.05) is 12.8 Å². The Hall–Kier alpha value is -1.55. The maximum absolute atomic E-state index is 12.6. The van der Waals surface area contributed by atoms with Gasteiger partial charge in [-0.3, -0.25) is 4.79 Å². The molecule has 1 amide bonds. The molecule has 0 aliphatic rings. The van der Waals surface area contributed by atoms with Crippen molar-refractivity contribution in [3.05, 3.63) is 23.3 Å². The lowest BCUT2D eigenvalue weighted by molar-refractivity contribution is -0.136. The highest BCUT2D eigenvalue weighted by Crippen LogP contribution is 2.29. The Balaban J connectivity index is 2.94. The molecule has 1 aromatic rings. The summed E-state index contributed by atoms with van der Waals surface area (Å²) in [5.74, 6) is 0.781. The van der Waals surface area contributed by atoms with Crippen LogP contribution in [-0.4, -0.2) is 24.7 Å². The standard InChI is InChI=1S/C19H31NO3/c1-8-9-10-19(6,22-7)18(21)20-16-11-14(4)17(15(5)12-16)23-13(2)3/h11-13H,8-10H2,1-7H3,(H,20,21). The molecule has 4 nitrogen and oxygen atoms in total. The van der Waals surface area contributed by atoms with Crippen LogP contribution >= 0.6 is 0 Å². The second-order valence-corrected chi connectivity index (χ2v) is 6.60. The Morgan fingerprint density at radius 1 is 1.26 bits per heavy atom. The van der Waals surface area contributed by atoms with Gasteiger partial charge in [0.25, 0.3) is 5.91 Å². The largest absolute Gasteiger partial charge is 0.490 e. The number of methoxy groups -OCH3 is 1. The molecule has 0 aliphatic heterocycles. The van der Waals surface area contributed by atoms with Crippen LogP contribution in [0.5, 0.6) is 5.75 Å². The molecule has 23 heavy (non-hydrogen) atoms. The van der Waals surface area contributed by atoms with Crippen molar-refractivity contribution in [2.75, 3.05) is 12.4 Å². The number of hydrogen-bond donors (Lipinski definition) is 1. The van der Waals surface area contributed by atoms with Gasteiger partial charge in [-0.2, -0.15) is 0 Å². The zero-order valence-electron chi connectivity index (χ0n) is 15.6. The number of rotatable bonds is 8. The molecule has 0 aliphatic carbocycles. The third-order valence-electron chi connectivity index (χ3n) is 4.01. The Morgan fingerprint density at radius 2 is 1.83 bits per heavy atom. The normalized spacial score (nSPS) is 13.7. The number of unbranched alkanes of at least 4 members (excludes halogenated alkanes) is 1. The molecular weight excluding hydrogens is 290 g/mol. The minimum absolute atomic E-state index is 0.107. The van der Waals surface area contributed by atoms with Gasteiger partial charge in [-0.05, 0) is 64.3 Å². The number of amides is 1. The van der Waals surface area contributed by atoms with Gasteiger partial charge in [0.1, 0.15) is 11.4 Å². The van der Waals surface area contributed by atoms with Crippen LogP contribution < -0.4 is 10.1 Å². The van der Waals surface area contributed by atoms with Gasteiger partial charge in [-0.1, -0.05) is 19.8 Å². The first-order valence-corrected chi connectivity index (χ1v) is 8.38. The summed E-state index contributed by atoms with van der Waals surface area (Å²) in [6.07, 6.45) is 2.82. The number of anilines is 1. The van der Waals surface area contributed by atoms with Crippen molar-refractivity contribution in [3.63, 3.8) is 0 Å². The average molecular weight is 321 g/mol. The van der Waals surface area contributed by atoms with Crippen LogP contribution in [0.1, 0.15) is 58.1 Å². The molecule has 1 N–H and O–H groups in total. The fourth-order valence-corrected chi connectivity index (χ4v) is 2.53. The number of aryl methyl sites for hydroxylation is 2. The van der Waals surface area contributed by atoms with Crippen molar-refractivity contribution in [1.82, 2.24) is 0 Å². The summed E-state index contributed by atoms with van der Waals surface area (Å²) < 4.78 is 11.3. The highest BCUT2D eigenvalue weighted by Gasteiger charge is 2.32. The zero-order chi connectivity index (χ0) is 17.6. The number of carbonyl (C=O) groups is 1. The number of hydrogen-bond acceptors (Lipinski definition) is 3. The molecule has 0 heterocycles. The number of ether oxygens (including phenoxy) is 2. The minimum Gasteiger partial charge on any atom is -0.490 e. The van der Waals surface area contributed by atoms with Gasteiger partial charge in [0.2, 0.25) is 0 Å². The van der Waals surface area contributed by atoms with Gasteiger partial charge in [-0.25, -0.2) is 0 Å². The smallest absolute Gasteiger partial charge is 0.256 e. The van der Waals surface area contributed by atoms with Crippen LogP contribution in [0.3, 0.4) is 0 Å². The summed E-state index contributed by atoms with van der Waals surface area (Å²) in [5, 5.41) is 2.99. The monoisotopic (exact) mass is 321 g/mol. The highest BCUT2D eigenvalue weighted by molar-refractivity contribution is 5.97. The van der Waals surface area contributed by atoms with Gasteiger partial charge >= 0.3 is 0 Å². The molecule has 130 valence electrons. The highest BCUT2D eigenvalue weighted by atomic mass is 16.5. The number of benzene rings is 1. The molecule has 0 fully saturated rings. The second-order valence-electron chi connectivity index (χ2n) is 6.60. The SMILES string of the molecule is CCCCC(C)(OC)C(=O)Nc1cc(C)c(OC(C)C)c(C)c1. The summed E-state index contributed by atoms with van der Waals surface area (Å²) in [7, 11) is 1.59. The zero-order valence-corrected chi connectivity index (χ0v) is 15.6. The Bertz CT molecular complexity index is 516. The molecular formula is C19H31NO3. The molecule has 1 unspecified atom stereocenters. The lowest BCUT2D eigenvalue weighted by Crippen LogP contribution is -2.41. The van der Waals surface area contributed by atoms with Gasteiger partial charge in [0.15, 0.2) is 0 Å². The van der Waals surface area contributed by atoms with E-state index in [-0.39, 0.29) is 12.0 Å². The Morgan fingerprint density at radius 3 is 2.26 bits per heavy atom. The van der Waals surface area contributed by atoms with E-state index in [0.29, 0.717) is 6.42 Å². The van der Waals surface area contributed by atoms with Gasteiger partial charge < -0.3 is 14.8 Å². The first kappa shape index (κ1) is 19.5. The lowest BCUT2D eigenvalue weighted by Gasteiger charge is -2.27. The van der Waals surface area contributed by atoms with E-state index < -0.39 is 5.60 Å². The van der Waals surface area contributed by atoms with E-state index in [1.54, 1.807) is 7.11 Å². The molecule has 0 radical (unpaired) electrons. The minimum atomic E-state index is -0.801. The van der Waals surface area contributed by atoms with Crippen LogP contribution in [0.25, 0.3) is 0 Å². The van der Waals surface area contributed by atoms with Crippen molar-refractivity contribution in [1.29, 1.82) is 0 Å². The van der Waals surface area contributed by atoms with Gasteiger partial charge in [0.05, 0.1) is 6.10 Å². The Labute approximate surface area is 140 Å². The molecule has 0 bridgehead atoms. The first-order chi connectivity index (χ1) is 10.7. The molecule has 1 rings (SSSR count). The van der Waals surface area contributed by atoms with Crippen molar-refractivity contribution < 1.29 is 14.3 Å². The van der Waals surface area contributed by atoms with Crippen LogP contribution in [0.2, 0.25) is 0 Å². The summed E-state index contributed by atoms with van der Waals surface area (Å²) >= 11 is 0. The van der Waals surface area contributed by atoms with Crippen LogP contribution in [0, 0.1) is 13.8 Å². The van der Waals surface area contributed by atoms with Gasteiger partial charge in [-0.15, -0.1) is 0 Å². The number of carbonyl (C=O) groups excluding carboxylic acids is 1. The van der Waals surface area contributed by atoms with E-state index in [2.05, 4.69) is 12.2 Å². The molecule has 0 aromatic heterocycles. The third-order valence-corrected chi connectivity index (χ3v) is 4.01. The molecule has 0 saturated heterocycles. The molecule has 4 heteroatoms. The van der Waals surface area contributed by atoms with Crippen LogP contribution in [0.15, 0.2) is 12.1 Å². The quantitative estimate of drug-likeness (QED) is 0.759. The summed E-state index contributed by atoms with van der Waals surface area (Å²) in [4.78, 5) is 12.6. The summed E-state index contributed by atoms with van der Waals surface area (Å²) in [5.41, 5.74) is 2.01. The molecule has 0 spiro atoms. The average Bonchev–Trinajstić information content (AvgIpc) is 2.48. The van der Waals surface area contributed by atoms with Crippen LogP contribution in [-0.2, 0) is 9.53 Å². The fourth-order valence-electron chi connectivity index (χ4n) is 2.53. The number of nitrogens with one attached hydrogen (secondary N) is 1. The maximum Gasteiger partial charge on any atom is 0.256 e. The summed E-state index contributed by atoms with van der Waals surface area (Å²) in [6, 6.07) is 3.89. The molecule has 1 atom stereocenters. The van der Waals surface area contributed by atoms with Crippen molar-refractivity contribution in [2.45, 2.75) is 72.5 Å². The predicted octanol–water partition coefficient (Wildman–Crippen LogP) is 4.62. The van der Waals surface area contributed by atoms with E-state index in [4.69, 9.17) is 9.47 Å². The first-order valence-electron chi connectivity index (χ1n) is 8.38. The van der Waals surface area contributed by atoms with E-state index in [1.165, 1.54) is 0 Å².